The molecule has 2 atom stereocenters. The van der Waals surface area contributed by atoms with E-state index in [0.717, 1.165) is 28.5 Å². The van der Waals surface area contributed by atoms with Crippen LogP contribution in [-0.4, -0.2) is 53.0 Å². The minimum Gasteiger partial charge on any atom is -0.256 e. The minimum absolute atomic E-state index is 0.0679. The van der Waals surface area contributed by atoms with Gasteiger partial charge >= 0.3 is 0 Å². The van der Waals surface area contributed by atoms with Gasteiger partial charge in [-0.15, -0.1) is 11.3 Å². The topological polar surface area (TPSA) is 128 Å². The normalized spacial score (nSPS) is 14.7. The van der Waals surface area contributed by atoms with Gasteiger partial charge in [-0.2, -0.15) is 0 Å². The van der Waals surface area contributed by atoms with Gasteiger partial charge < -0.3 is 0 Å². The maximum Gasteiger partial charge on any atom is 0.246 e. The second-order valence-electron chi connectivity index (χ2n) is 10.8. The fourth-order valence-corrected chi connectivity index (χ4v) is 8.81. The number of thiazole rings is 1. The Morgan fingerprint density at radius 1 is 0.841 bits per heavy atom. The number of aromatic nitrogens is 2. The van der Waals surface area contributed by atoms with Crippen molar-refractivity contribution in [2.75, 3.05) is 12.5 Å². The minimum atomic E-state index is -4.68. The van der Waals surface area contributed by atoms with Crippen LogP contribution in [0.3, 0.4) is 0 Å². The van der Waals surface area contributed by atoms with Gasteiger partial charge in [-0.3, -0.25) is 4.98 Å². The number of sulfone groups is 3. The van der Waals surface area contributed by atoms with Gasteiger partial charge in [0.25, 0.3) is 0 Å². The van der Waals surface area contributed by atoms with Crippen LogP contribution in [0.25, 0.3) is 22.0 Å². The van der Waals surface area contributed by atoms with E-state index in [1.54, 1.807) is 43.5 Å². The van der Waals surface area contributed by atoms with E-state index in [1.165, 1.54) is 42.1 Å². The molecule has 5 aromatic rings. The van der Waals surface area contributed by atoms with Gasteiger partial charge in [0.15, 0.2) is 9.84 Å². The van der Waals surface area contributed by atoms with E-state index in [-0.39, 0.29) is 16.9 Å². The molecular weight excluding hydrogens is 644 g/mol. The second-order valence-corrected chi connectivity index (χ2v) is 18.4. The zero-order valence-corrected chi connectivity index (χ0v) is 27.3. The molecule has 2 unspecified atom stereocenters. The smallest absolute Gasteiger partial charge is 0.246 e. The zero-order chi connectivity index (χ0) is 31.9. The summed E-state index contributed by atoms with van der Waals surface area (Å²) in [6.45, 7) is 1.65. The summed E-state index contributed by atoms with van der Waals surface area (Å²) < 4.78 is 92.7. The zero-order valence-electron chi connectivity index (χ0n) is 24.0. The Labute approximate surface area is 260 Å². The van der Waals surface area contributed by atoms with Crippen molar-refractivity contribution >= 4 is 51.8 Å². The summed E-state index contributed by atoms with van der Waals surface area (Å²) in [6.07, 6.45) is 4.82. The summed E-state index contributed by atoms with van der Waals surface area (Å²) in [5.74, 6) is 0. The molecule has 8 nitrogen and oxygen atoms in total. The molecule has 0 amide bonds. The van der Waals surface area contributed by atoms with E-state index in [0.29, 0.717) is 22.2 Å². The van der Waals surface area contributed by atoms with Crippen molar-refractivity contribution in [3.05, 3.63) is 107 Å². The Morgan fingerprint density at radius 3 is 2.20 bits per heavy atom. The van der Waals surface area contributed by atoms with Crippen LogP contribution in [0.5, 0.6) is 0 Å². The van der Waals surface area contributed by atoms with Crippen molar-refractivity contribution in [2.45, 2.75) is 39.3 Å². The van der Waals surface area contributed by atoms with Crippen LogP contribution in [0.1, 0.15) is 23.6 Å². The molecule has 0 N–H and O–H groups in total. The first-order valence-electron chi connectivity index (χ1n) is 13.4. The number of fused-ring (bicyclic) bond motifs is 1. The summed E-state index contributed by atoms with van der Waals surface area (Å²) in [4.78, 5) is 8.34. The molecule has 2 aromatic heterocycles. The van der Waals surface area contributed by atoms with Crippen molar-refractivity contribution in [3.8, 4) is 11.1 Å². The molecule has 0 saturated carbocycles. The third-order valence-corrected chi connectivity index (χ3v) is 13.5. The number of rotatable bonds is 10. The standard InChI is InChI=1S/C31H29FN2O6S4/c1-21(42(2,35)36)16-23-18-25-8-5-13-33-29(25)28(19-23)24-7-4-6-22(17-24)20-31(32,44(39,40)30-34-14-15-41-30)26-9-11-27(12-10-26)43(3,37)38/h4-15,17-19,21H,16,20H2,1-3H3. The van der Waals surface area contributed by atoms with Gasteiger partial charge in [-0.1, -0.05) is 42.5 Å². The lowest BCUT2D eigenvalue weighted by Gasteiger charge is -2.25. The number of halogens is 1. The number of nitrogens with zero attached hydrogens (tertiary/aromatic N) is 2. The average Bonchev–Trinajstić information content (AvgIpc) is 3.52. The fourth-order valence-electron chi connectivity index (χ4n) is 4.97. The molecule has 230 valence electrons. The Hall–Kier alpha value is -3.52. The monoisotopic (exact) mass is 672 g/mol. The fraction of sp³-hybridized carbons (Fsp3) is 0.226. The SMILES string of the molecule is CC(Cc1cc(-c2cccc(CC(F)(c3ccc(S(C)(=O)=O)cc3)S(=O)(=O)c3nccs3)c2)c2ncccc2c1)S(C)(=O)=O. The highest BCUT2D eigenvalue weighted by molar-refractivity contribution is 7.94. The molecule has 0 radical (unpaired) electrons. The van der Waals surface area contributed by atoms with Crippen LogP contribution in [0.15, 0.2) is 99.8 Å². The molecule has 13 heteroatoms. The number of hydrogen-bond acceptors (Lipinski definition) is 9. The summed E-state index contributed by atoms with van der Waals surface area (Å²) in [6, 6.07) is 18.9. The molecular formula is C31H29FN2O6S4. The lowest BCUT2D eigenvalue weighted by atomic mass is 9.94. The third kappa shape index (κ3) is 6.32. The van der Waals surface area contributed by atoms with Crippen LogP contribution in [0.2, 0.25) is 0 Å². The molecule has 0 spiro atoms. The molecule has 0 aliphatic carbocycles. The molecule has 0 saturated heterocycles. The Morgan fingerprint density at radius 2 is 1.57 bits per heavy atom. The highest BCUT2D eigenvalue weighted by Gasteiger charge is 2.48. The number of hydrogen-bond donors (Lipinski definition) is 0. The van der Waals surface area contributed by atoms with Crippen LogP contribution in [0.4, 0.5) is 4.39 Å². The lowest BCUT2D eigenvalue weighted by molar-refractivity contribution is 0.269. The largest absolute Gasteiger partial charge is 0.256 e. The molecule has 0 aliphatic rings. The van der Waals surface area contributed by atoms with Crippen LogP contribution in [0, 0.1) is 0 Å². The molecule has 3 aromatic carbocycles. The number of alkyl halides is 1. The highest BCUT2D eigenvalue weighted by Crippen LogP contribution is 2.42. The average molecular weight is 673 g/mol. The van der Waals surface area contributed by atoms with Gasteiger partial charge in [-0.05, 0) is 60.4 Å². The van der Waals surface area contributed by atoms with Crippen LogP contribution in [-0.2, 0) is 47.4 Å². The van der Waals surface area contributed by atoms with Gasteiger partial charge in [0.05, 0.1) is 15.7 Å². The van der Waals surface area contributed by atoms with Crippen molar-refractivity contribution in [1.29, 1.82) is 0 Å². The molecule has 5 rings (SSSR count). The first-order valence-corrected chi connectivity index (χ1v) is 19.6. The van der Waals surface area contributed by atoms with Crippen molar-refractivity contribution < 1.29 is 29.6 Å². The van der Waals surface area contributed by atoms with E-state index < -0.39 is 50.5 Å². The molecule has 0 bridgehead atoms. The summed E-state index contributed by atoms with van der Waals surface area (Å²) >= 11 is 0.793. The van der Waals surface area contributed by atoms with Crippen LogP contribution >= 0.6 is 11.3 Å². The van der Waals surface area contributed by atoms with Crippen molar-refractivity contribution in [1.82, 2.24) is 9.97 Å². The highest BCUT2D eigenvalue weighted by atomic mass is 32.2. The summed E-state index contributed by atoms with van der Waals surface area (Å²) in [7, 11) is -11.6. The van der Waals surface area contributed by atoms with Gasteiger partial charge in [0.2, 0.25) is 19.2 Å². The third-order valence-electron chi connectivity index (χ3n) is 7.47. The van der Waals surface area contributed by atoms with E-state index >= 15 is 4.39 Å². The predicted molar refractivity (Wildman–Crippen MR) is 171 cm³/mol. The lowest BCUT2D eigenvalue weighted by Crippen LogP contribution is -2.34. The summed E-state index contributed by atoms with van der Waals surface area (Å²) in [5.41, 5.74) is 2.89. The van der Waals surface area contributed by atoms with Gasteiger partial charge in [-0.25, -0.2) is 34.6 Å². The Bertz CT molecular complexity index is 2170. The molecule has 0 fully saturated rings. The molecule has 2 heterocycles. The summed E-state index contributed by atoms with van der Waals surface area (Å²) in [5, 5.41) is -1.36. The van der Waals surface area contributed by atoms with E-state index in [2.05, 4.69) is 9.97 Å². The van der Waals surface area contributed by atoms with Crippen molar-refractivity contribution in [2.24, 2.45) is 0 Å². The maximum atomic E-state index is 17.2. The molecule has 0 aliphatic heterocycles. The Kier molecular flexibility index (Phi) is 8.53. The quantitative estimate of drug-likeness (QED) is 0.188. The number of benzene rings is 3. The van der Waals surface area contributed by atoms with Gasteiger partial charge in [0, 0.05) is 53.2 Å². The molecule has 44 heavy (non-hydrogen) atoms. The van der Waals surface area contributed by atoms with E-state index in [9.17, 15) is 25.3 Å². The predicted octanol–water partition coefficient (Wildman–Crippen LogP) is 5.58. The Balaban J connectivity index is 1.62. The first-order chi connectivity index (χ1) is 20.6. The maximum absolute atomic E-state index is 17.2. The van der Waals surface area contributed by atoms with Crippen molar-refractivity contribution in [3.63, 3.8) is 0 Å². The van der Waals surface area contributed by atoms with E-state index in [1.807, 2.05) is 18.2 Å². The van der Waals surface area contributed by atoms with Gasteiger partial charge in [0.1, 0.15) is 9.84 Å². The van der Waals surface area contributed by atoms with E-state index in [4.69, 9.17) is 0 Å². The van der Waals surface area contributed by atoms with Crippen LogP contribution < -0.4 is 0 Å². The second kappa shape index (κ2) is 11.8. The first kappa shape index (κ1) is 31.9. The number of pyridine rings is 1.